The van der Waals surface area contributed by atoms with Crippen LogP contribution in [0.4, 0.5) is 0 Å². The van der Waals surface area contributed by atoms with E-state index in [0.29, 0.717) is 5.92 Å². The van der Waals surface area contributed by atoms with Gasteiger partial charge in [0.25, 0.3) is 0 Å². The molecule has 3 nitrogen and oxygen atoms in total. The molecule has 2 unspecified atom stereocenters. The quantitative estimate of drug-likeness (QED) is 0.665. The van der Waals surface area contributed by atoms with Gasteiger partial charge in [-0.1, -0.05) is 13.8 Å². The van der Waals surface area contributed by atoms with Crippen molar-refractivity contribution in [3.05, 3.63) is 0 Å². The molecular formula is C8H16N2OS. The summed E-state index contributed by atoms with van der Waals surface area (Å²) in [5.41, 5.74) is 4.95. The van der Waals surface area contributed by atoms with Crippen molar-refractivity contribution in [1.82, 2.24) is 5.32 Å². The maximum absolute atomic E-state index is 11.3. The van der Waals surface area contributed by atoms with Crippen LogP contribution in [0.15, 0.2) is 0 Å². The van der Waals surface area contributed by atoms with E-state index in [0.717, 1.165) is 18.1 Å². The zero-order chi connectivity index (χ0) is 9.19. The summed E-state index contributed by atoms with van der Waals surface area (Å²) in [7, 11) is 0. The second kappa shape index (κ2) is 3.66. The molecule has 0 aromatic carbocycles. The first kappa shape index (κ1) is 9.86. The van der Waals surface area contributed by atoms with Gasteiger partial charge in [-0.15, -0.1) is 0 Å². The van der Waals surface area contributed by atoms with Crippen LogP contribution in [0.2, 0.25) is 0 Å². The zero-order valence-corrected chi connectivity index (χ0v) is 8.41. The number of thioether (sulfide) groups is 1. The molecule has 70 valence electrons. The van der Waals surface area contributed by atoms with Crippen LogP contribution in [0.25, 0.3) is 0 Å². The van der Waals surface area contributed by atoms with E-state index < -0.39 is 5.54 Å². The Labute approximate surface area is 77.5 Å². The Balaban J connectivity index is 2.77. The Hall–Kier alpha value is -0.220. The van der Waals surface area contributed by atoms with Gasteiger partial charge >= 0.3 is 0 Å². The molecule has 1 heterocycles. The molecule has 0 aliphatic carbocycles. The lowest BCUT2D eigenvalue weighted by Gasteiger charge is -2.30. The van der Waals surface area contributed by atoms with Gasteiger partial charge in [0.05, 0.1) is 0 Å². The Morgan fingerprint density at radius 2 is 2.50 bits per heavy atom. The number of likely N-dealkylation sites (N-methyl/N-ethyl adjacent to an activating group) is 1. The van der Waals surface area contributed by atoms with Crippen molar-refractivity contribution in [2.24, 2.45) is 11.7 Å². The maximum atomic E-state index is 11.3. The standard InChI is InChI=1S/C8H16N2OS/c1-3-10-8(7(9)11)5-12-4-6(8)2/h6,10H,3-5H2,1-2H3,(H2,9,11). The Kier molecular flexibility index (Phi) is 3.01. The molecule has 1 aliphatic heterocycles. The molecular weight excluding hydrogens is 172 g/mol. The number of hydrogen-bond acceptors (Lipinski definition) is 3. The summed E-state index contributed by atoms with van der Waals surface area (Å²) < 4.78 is 0. The smallest absolute Gasteiger partial charge is 0.238 e. The molecule has 0 radical (unpaired) electrons. The molecule has 0 spiro atoms. The average Bonchev–Trinajstić information content (AvgIpc) is 2.34. The van der Waals surface area contributed by atoms with Gasteiger partial charge in [0, 0.05) is 5.75 Å². The minimum Gasteiger partial charge on any atom is -0.368 e. The van der Waals surface area contributed by atoms with Crippen molar-refractivity contribution < 1.29 is 4.79 Å². The molecule has 0 saturated carbocycles. The first-order valence-corrected chi connectivity index (χ1v) is 5.41. The molecule has 2 atom stereocenters. The lowest BCUT2D eigenvalue weighted by Crippen LogP contribution is -2.59. The molecule has 1 fully saturated rings. The Bertz CT molecular complexity index is 186. The Morgan fingerprint density at radius 3 is 2.83 bits per heavy atom. The molecule has 0 bridgehead atoms. The van der Waals surface area contributed by atoms with Gasteiger partial charge in [-0.25, -0.2) is 0 Å². The number of primary amides is 1. The van der Waals surface area contributed by atoms with Crippen LogP contribution in [0.5, 0.6) is 0 Å². The summed E-state index contributed by atoms with van der Waals surface area (Å²) in [6.45, 7) is 4.88. The number of carbonyl (C=O) groups excluding carboxylic acids is 1. The van der Waals surface area contributed by atoms with Gasteiger partial charge in [0.1, 0.15) is 5.54 Å². The van der Waals surface area contributed by atoms with Crippen molar-refractivity contribution >= 4 is 17.7 Å². The Morgan fingerprint density at radius 1 is 1.83 bits per heavy atom. The lowest BCUT2D eigenvalue weighted by molar-refractivity contribution is -0.124. The normalized spacial score (nSPS) is 35.3. The monoisotopic (exact) mass is 188 g/mol. The van der Waals surface area contributed by atoms with E-state index in [-0.39, 0.29) is 5.91 Å². The van der Waals surface area contributed by atoms with E-state index in [1.165, 1.54) is 0 Å². The summed E-state index contributed by atoms with van der Waals surface area (Å²) in [6.07, 6.45) is 0. The van der Waals surface area contributed by atoms with Crippen LogP contribution in [-0.2, 0) is 4.79 Å². The predicted molar refractivity (Wildman–Crippen MR) is 52.1 cm³/mol. The largest absolute Gasteiger partial charge is 0.368 e. The molecule has 1 amide bonds. The number of nitrogens with one attached hydrogen (secondary N) is 1. The molecule has 12 heavy (non-hydrogen) atoms. The van der Waals surface area contributed by atoms with Gasteiger partial charge in [0.15, 0.2) is 0 Å². The SMILES string of the molecule is CCNC1(C(N)=O)CSCC1C. The lowest BCUT2D eigenvalue weighted by atomic mass is 9.88. The summed E-state index contributed by atoms with van der Waals surface area (Å²) in [6, 6.07) is 0. The maximum Gasteiger partial charge on any atom is 0.238 e. The minimum atomic E-state index is -0.445. The summed E-state index contributed by atoms with van der Waals surface area (Å²) in [5, 5.41) is 3.21. The summed E-state index contributed by atoms with van der Waals surface area (Å²) in [4.78, 5) is 11.3. The first-order chi connectivity index (χ1) is 5.63. The van der Waals surface area contributed by atoms with Crippen molar-refractivity contribution in [3.63, 3.8) is 0 Å². The van der Waals surface area contributed by atoms with Gasteiger partial charge in [-0.3, -0.25) is 4.79 Å². The van der Waals surface area contributed by atoms with E-state index >= 15 is 0 Å². The molecule has 1 rings (SSSR count). The zero-order valence-electron chi connectivity index (χ0n) is 7.59. The molecule has 1 saturated heterocycles. The number of carbonyl (C=O) groups is 1. The highest BCUT2D eigenvalue weighted by Crippen LogP contribution is 2.33. The van der Waals surface area contributed by atoms with E-state index in [1.807, 2.05) is 6.92 Å². The van der Waals surface area contributed by atoms with Crippen LogP contribution in [0, 0.1) is 5.92 Å². The average molecular weight is 188 g/mol. The fourth-order valence-corrected chi connectivity index (χ4v) is 3.23. The number of rotatable bonds is 3. The number of amides is 1. The second-order valence-electron chi connectivity index (χ2n) is 3.28. The predicted octanol–water partition coefficient (Wildman–Crippen LogP) is 0.203. The highest BCUT2D eigenvalue weighted by molar-refractivity contribution is 7.99. The molecule has 4 heteroatoms. The van der Waals surface area contributed by atoms with Gasteiger partial charge in [-0.2, -0.15) is 11.8 Å². The third-order valence-corrected chi connectivity index (χ3v) is 3.87. The summed E-state index contributed by atoms with van der Waals surface area (Å²) >= 11 is 1.79. The second-order valence-corrected chi connectivity index (χ2v) is 4.31. The molecule has 1 aliphatic rings. The highest BCUT2D eigenvalue weighted by atomic mass is 32.2. The van der Waals surface area contributed by atoms with Crippen molar-refractivity contribution in [1.29, 1.82) is 0 Å². The van der Waals surface area contributed by atoms with Crippen LogP contribution < -0.4 is 11.1 Å². The number of hydrogen-bond donors (Lipinski definition) is 2. The van der Waals surface area contributed by atoms with E-state index in [4.69, 9.17) is 5.73 Å². The number of nitrogens with two attached hydrogens (primary N) is 1. The molecule has 3 N–H and O–H groups in total. The van der Waals surface area contributed by atoms with Crippen LogP contribution >= 0.6 is 11.8 Å². The molecule has 0 aromatic rings. The summed E-state index contributed by atoms with van der Waals surface area (Å²) in [5.74, 6) is 1.98. The van der Waals surface area contributed by atoms with Crippen molar-refractivity contribution in [2.45, 2.75) is 19.4 Å². The van der Waals surface area contributed by atoms with Crippen molar-refractivity contribution in [2.75, 3.05) is 18.1 Å². The van der Waals surface area contributed by atoms with Gasteiger partial charge in [0.2, 0.25) is 5.91 Å². The van der Waals surface area contributed by atoms with E-state index in [9.17, 15) is 4.79 Å². The van der Waals surface area contributed by atoms with Gasteiger partial charge < -0.3 is 11.1 Å². The fourth-order valence-electron chi connectivity index (χ4n) is 1.62. The van der Waals surface area contributed by atoms with Gasteiger partial charge in [-0.05, 0) is 18.2 Å². The topological polar surface area (TPSA) is 55.1 Å². The minimum absolute atomic E-state index is 0.207. The third kappa shape index (κ3) is 1.45. The van der Waals surface area contributed by atoms with Crippen LogP contribution in [0.3, 0.4) is 0 Å². The highest BCUT2D eigenvalue weighted by Gasteiger charge is 2.45. The third-order valence-electron chi connectivity index (χ3n) is 2.47. The molecule has 0 aromatic heterocycles. The van der Waals surface area contributed by atoms with Crippen LogP contribution in [-0.4, -0.2) is 29.5 Å². The first-order valence-electron chi connectivity index (χ1n) is 4.26. The van der Waals surface area contributed by atoms with E-state index in [1.54, 1.807) is 11.8 Å². The van der Waals surface area contributed by atoms with E-state index in [2.05, 4.69) is 12.2 Å². The fraction of sp³-hybridized carbons (Fsp3) is 0.875. The van der Waals surface area contributed by atoms with Crippen molar-refractivity contribution in [3.8, 4) is 0 Å². The van der Waals surface area contributed by atoms with Crippen LogP contribution in [0.1, 0.15) is 13.8 Å².